The average Bonchev–Trinajstić information content (AvgIpc) is 0.687. The molecular weight excluding hydrogens is 1300 g/mol. The molecule has 0 bridgehead atoms. The molecule has 15 aromatic carbocycles. The van der Waals surface area contributed by atoms with E-state index in [0.717, 1.165) is 24.3 Å². The number of carbonyl (C=O) groups excluding carboxylic acids is 12. The molecule has 98 heavy (non-hydrogen) atoms. The molecule has 0 spiro atoms. The summed E-state index contributed by atoms with van der Waals surface area (Å²) in [6, 6.07) is 18.2. The van der Waals surface area contributed by atoms with Gasteiger partial charge < -0.3 is 28.4 Å². The Morgan fingerprint density at radius 1 is 0.153 bits per heavy atom. The molecule has 15 aromatic rings. The minimum absolute atomic E-state index is 0.0235. The van der Waals surface area contributed by atoms with Gasteiger partial charge in [-0.1, -0.05) is 24.3 Å². The average molecular weight is 1320 g/mol. The molecule has 6 aliphatic heterocycles. The SMILES string of the molecule is O=C1OC(=O)c2cc(F)c3c4c(F)cc5c6c(cc(F)c(c7c(F)cc1c2c73)c64)C(=O)OC5=O.O=C1OC(=O)c2cc(F)c3c4ccc5c6c(cc(F)c(c7ccc1c2c73)c64)C(=O)OC5=O.O=C1OC(=O)c2ccc3c4c(F)cc5c6c(cc(F)c(c7ccc1c2c73)c64)C(=O)OC5=O. The number of cyclic esters (lactones) is 12. The third-order valence-electron chi connectivity index (χ3n) is 18.9. The molecule has 6 aliphatic rings. The highest BCUT2D eigenvalue weighted by atomic mass is 19.2. The largest absolute Gasteiger partial charge is 0.386 e. The van der Waals surface area contributed by atoms with Crippen molar-refractivity contribution in [1.29, 1.82) is 0 Å². The van der Waals surface area contributed by atoms with Gasteiger partial charge in [0.2, 0.25) is 0 Å². The van der Waals surface area contributed by atoms with Gasteiger partial charge in [0.1, 0.15) is 46.5 Å². The molecule has 21 rings (SSSR count). The van der Waals surface area contributed by atoms with Crippen molar-refractivity contribution in [2.45, 2.75) is 0 Å². The molecule has 0 aliphatic carbocycles. The van der Waals surface area contributed by atoms with E-state index in [1.807, 2.05) is 0 Å². The third kappa shape index (κ3) is 6.67. The fraction of sp³-hybridized carbons (Fsp3) is 0. The molecule has 0 saturated heterocycles. The van der Waals surface area contributed by atoms with Crippen LogP contribution < -0.4 is 0 Å². The molecule has 18 nitrogen and oxygen atoms in total. The van der Waals surface area contributed by atoms with Crippen molar-refractivity contribution in [1.82, 2.24) is 0 Å². The van der Waals surface area contributed by atoms with Gasteiger partial charge in [-0.2, -0.15) is 0 Å². The highest BCUT2D eigenvalue weighted by Gasteiger charge is 2.41. The van der Waals surface area contributed by atoms with Gasteiger partial charge in [-0.25, -0.2) is 92.7 Å². The fourth-order valence-electron chi connectivity index (χ4n) is 15.3. The van der Waals surface area contributed by atoms with Crippen LogP contribution >= 0.6 is 0 Å². The summed E-state index contributed by atoms with van der Waals surface area (Å²) in [4.78, 5) is 148. The summed E-state index contributed by atoms with van der Waals surface area (Å²) in [6.45, 7) is 0. The zero-order chi connectivity index (χ0) is 67.9. The summed E-state index contributed by atoms with van der Waals surface area (Å²) in [5.41, 5.74) is -1.95. The van der Waals surface area contributed by atoms with Gasteiger partial charge in [0.25, 0.3) is 0 Å². The Kier molecular flexibility index (Phi) is 10.4. The maximum Gasteiger partial charge on any atom is 0.346 e. The van der Waals surface area contributed by atoms with E-state index in [9.17, 15) is 57.5 Å². The second-order valence-corrected chi connectivity index (χ2v) is 23.5. The predicted octanol–water partition coefficient (Wildman–Crippen LogP) is 14.2. The van der Waals surface area contributed by atoms with Gasteiger partial charge in [-0.05, 0) is 99.7 Å². The van der Waals surface area contributed by atoms with E-state index in [0.29, 0.717) is 40.4 Å². The van der Waals surface area contributed by atoms with Crippen molar-refractivity contribution in [3.63, 3.8) is 0 Å². The molecular formula is C72H16F8O18. The predicted molar refractivity (Wildman–Crippen MR) is 321 cm³/mol. The number of hydrogen-bond acceptors (Lipinski definition) is 18. The first kappa shape index (κ1) is 56.1. The molecule has 468 valence electrons. The van der Waals surface area contributed by atoms with Crippen molar-refractivity contribution in [3.05, 3.63) is 210 Å². The lowest BCUT2D eigenvalue weighted by Gasteiger charge is -2.24. The van der Waals surface area contributed by atoms with E-state index in [-0.39, 0.29) is 125 Å². The third-order valence-corrected chi connectivity index (χ3v) is 18.9. The van der Waals surface area contributed by atoms with Crippen LogP contribution in [0.25, 0.3) is 129 Å². The second kappa shape index (κ2) is 18.2. The van der Waals surface area contributed by atoms with Crippen LogP contribution in [0.2, 0.25) is 0 Å². The number of rotatable bonds is 0. The van der Waals surface area contributed by atoms with Crippen LogP contribution in [0.5, 0.6) is 0 Å². The monoisotopic (exact) mass is 1320 g/mol. The highest BCUT2D eigenvalue weighted by Crippen LogP contribution is 2.53. The Labute approximate surface area is 530 Å². The molecule has 0 atom stereocenters. The zero-order valence-corrected chi connectivity index (χ0v) is 47.6. The van der Waals surface area contributed by atoms with Crippen LogP contribution in [-0.4, -0.2) is 71.6 Å². The van der Waals surface area contributed by atoms with Gasteiger partial charge in [0.15, 0.2) is 0 Å². The van der Waals surface area contributed by atoms with Gasteiger partial charge in [-0.15, -0.1) is 0 Å². The number of ether oxygens (including phenoxy) is 6. The van der Waals surface area contributed by atoms with Crippen LogP contribution in [-0.2, 0) is 28.4 Å². The molecule has 6 heterocycles. The first-order valence-corrected chi connectivity index (χ1v) is 28.7. The number of fused-ring (bicyclic) bond motifs is 6. The van der Waals surface area contributed by atoms with E-state index < -0.39 is 173 Å². The van der Waals surface area contributed by atoms with Crippen molar-refractivity contribution in [2.24, 2.45) is 0 Å². The van der Waals surface area contributed by atoms with E-state index >= 15 is 35.1 Å². The number of esters is 12. The lowest BCUT2D eigenvalue weighted by Crippen LogP contribution is -2.22. The second-order valence-electron chi connectivity index (χ2n) is 23.5. The maximum absolute atomic E-state index is 15.5. The van der Waals surface area contributed by atoms with Gasteiger partial charge in [-0.3, -0.25) is 0 Å². The summed E-state index contributed by atoms with van der Waals surface area (Å²) in [7, 11) is 0. The lowest BCUT2D eigenvalue weighted by molar-refractivity contribution is 0.0372. The molecule has 0 aromatic heterocycles. The van der Waals surface area contributed by atoms with E-state index in [1.54, 1.807) is 0 Å². The van der Waals surface area contributed by atoms with Crippen LogP contribution in [0, 0.1) is 46.5 Å². The Balaban J connectivity index is 0.000000103. The molecule has 0 saturated carbocycles. The van der Waals surface area contributed by atoms with Crippen LogP contribution in [0.1, 0.15) is 124 Å². The Morgan fingerprint density at radius 3 is 0.531 bits per heavy atom. The Hall–Kier alpha value is -13.5. The summed E-state index contributed by atoms with van der Waals surface area (Å²) >= 11 is 0. The lowest BCUT2D eigenvalue weighted by atomic mass is 9.82. The van der Waals surface area contributed by atoms with E-state index in [1.165, 1.54) is 48.5 Å². The van der Waals surface area contributed by atoms with Crippen molar-refractivity contribution >= 4 is 201 Å². The van der Waals surface area contributed by atoms with Crippen molar-refractivity contribution < 1.29 is 121 Å². The number of hydrogen-bond donors (Lipinski definition) is 0. The smallest absolute Gasteiger partial charge is 0.346 e. The Morgan fingerprint density at radius 2 is 0.306 bits per heavy atom. The molecule has 0 amide bonds. The number of carbonyl (C=O) groups is 12. The van der Waals surface area contributed by atoms with Crippen LogP contribution in [0.3, 0.4) is 0 Å². The van der Waals surface area contributed by atoms with Crippen LogP contribution in [0.4, 0.5) is 35.1 Å². The quantitative estimate of drug-likeness (QED) is 0.0341. The summed E-state index contributed by atoms with van der Waals surface area (Å²) in [6.07, 6.45) is 0. The molecule has 0 fully saturated rings. The maximum atomic E-state index is 15.5. The normalized spacial score (nSPS) is 15.3. The first-order valence-electron chi connectivity index (χ1n) is 28.7. The highest BCUT2D eigenvalue weighted by molar-refractivity contribution is 6.44. The Bertz CT molecular complexity index is 6330. The molecule has 26 heteroatoms. The zero-order valence-electron chi connectivity index (χ0n) is 47.6. The number of benzene rings is 15. The van der Waals surface area contributed by atoms with Crippen LogP contribution in [0.15, 0.2) is 97.1 Å². The summed E-state index contributed by atoms with van der Waals surface area (Å²) in [5, 5.41) is -0.788. The standard InChI is InChI=1S/C24H4F4O6.2C24H6F2O6/c25-9-1-5-13-6(22(30)33-21(5)29)2-11(27)17-18-12(28)4-8-14-7(23(31)34-24(8)32)3-10(26)16(20(14)18)15(9)19(13)17;25-13-5-12-16-10(22(28)32-24(12)30)4-2-8-18-14(26)6-11-15-9(21(27)31-23(11)29)3-1-7(19(15)18)17(13)20(8)16;25-13-5-11-17-12(24(30)32-23(11)29)6-14(26)19-8-2-4-10-16-9(21(27)31-22(10)28)3-1-7(15(8)16)18(13)20(17)19/h1-4H;2*1-6H. The van der Waals surface area contributed by atoms with Gasteiger partial charge in [0.05, 0.1) is 66.8 Å². The van der Waals surface area contributed by atoms with E-state index in [4.69, 9.17) is 14.2 Å². The topological polar surface area (TPSA) is 260 Å². The van der Waals surface area contributed by atoms with Crippen molar-refractivity contribution in [2.75, 3.05) is 0 Å². The van der Waals surface area contributed by atoms with E-state index in [2.05, 4.69) is 14.2 Å². The van der Waals surface area contributed by atoms with Gasteiger partial charge in [0, 0.05) is 102 Å². The van der Waals surface area contributed by atoms with Crippen molar-refractivity contribution in [3.8, 4) is 0 Å². The first-order chi connectivity index (χ1) is 46.9. The number of halogens is 8. The summed E-state index contributed by atoms with van der Waals surface area (Å²) in [5.74, 6) is -20.2. The molecule has 0 N–H and O–H groups in total. The van der Waals surface area contributed by atoms with Gasteiger partial charge >= 0.3 is 71.6 Å². The minimum Gasteiger partial charge on any atom is -0.386 e. The minimum atomic E-state index is -1.20. The molecule has 0 radical (unpaired) electrons. The molecule has 0 unspecified atom stereocenters. The summed E-state index contributed by atoms with van der Waals surface area (Å²) < 4.78 is 152. The fourth-order valence-corrected chi connectivity index (χ4v) is 15.3.